The quantitative estimate of drug-likeness (QED) is 0.704. The van der Waals surface area contributed by atoms with E-state index in [1.54, 1.807) is 32.2 Å². The fourth-order valence-corrected chi connectivity index (χ4v) is 2.21. The van der Waals surface area contributed by atoms with Crippen LogP contribution < -0.4 is 10.1 Å². The van der Waals surface area contributed by atoms with Gasteiger partial charge in [-0.3, -0.25) is 4.79 Å². The van der Waals surface area contributed by atoms with Crippen LogP contribution in [0.2, 0.25) is 5.02 Å². The van der Waals surface area contributed by atoms with Gasteiger partial charge in [0, 0.05) is 19.9 Å². The van der Waals surface area contributed by atoms with Crippen LogP contribution in [0.4, 0.5) is 5.69 Å². The number of carbonyl (C=O) groups excluding carboxylic acids is 1. The number of methoxy groups -OCH3 is 2. The van der Waals surface area contributed by atoms with E-state index in [2.05, 4.69) is 5.32 Å². The second-order valence-corrected chi connectivity index (χ2v) is 5.53. The predicted octanol–water partition coefficient (Wildman–Crippen LogP) is 3.51. The summed E-state index contributed by atoms with van der Waals surface area (Å²) in [6, 6.07) is 5.12. The van der Waals surface area contributed by atoms with Crippen molar-refractivity contribution in [2.75, 3.05) is 32.8 Å². The van der Waals surface area contributed by atoms with E-state index in [4.69, 9.17) is 25.8 Å². The second-order valence-electron chi connectivity index (χ2n) is 5.13. The maximum Gasteiger partial charge on any atom is 0.256 e. The zero-order valence-corrected chi connectivity index (χ0v) is 14.3. The van der Waals surface area contributed by atoms with E-state index in [0.717, 1.165) is 6.42 Å². The van der Waals surface area contributed by atoms with Crippen molar-refractivity contribution in [3.8, 4) is 5.75 Å². The molecule has 1 aromatic carbocycles. The second kappa shape index (κ2) is 8.98. The fourth-order valence-electron chi connectivity index (χ4n) is 1.98. The van der Waals surface area contributed by atoms with Crippen molar-refractivity contribution in [3.05, 3.63) is 23.2 Å². The van der Waals surface area contributed by atoms with Gasteiger partial charge in [0.2, 0.25) is 0 Å². The maximum absolute atomic E-state index is 12.3. The lowest BCUT2D eigenvalue weighted by atomic mass is 9.99. The van der Waals surface area contributed by atoms with Gasteiger partial charge < -0.3 is 19.5 Å². The Morgan fingerprint density at radius 2 is 2.05 bits per heavy atom. The van der Waals surface area contributed by atoms with Crippen molar-refractivity contribution in [3.63, 3.8) is 0 Å². The van der Waals surface area contributed by atoms with Crippen LogP contribution in [0, 0.1) is 0 Å². The van der Waals surface area contributed by atoms with E-state index < -0.39 is 5.60 Å². The molecule has 0 saturated carbocycles. The number of halogens is 1. The van der Waals surface area contributed by atoms with Gasteiger partial charge in [-0.15, -0.1) is 0 Å². The molecular formula is C16H24ClNO4. The molecule has 124 valence electrons. The molecule has 1 rings (SSSR count). The van der Waals surface area contributed by atoms with Crippen molar-refractivity contribution in [2.45, 2.75) is 32.3 Å². The third kappa shape index (κ3) is 5.16. The Kier molecular flexibility index (Phi) is 7.65. The average molecular weight is 330 g/mol. The summed E-state index contributed by atoms with van der Waals surface area (Å²) < 4.78 is 15.7. The zero-order valence-electron chi connectivity index (χ0n) is 13.6. The first kappa shape index (κ1) is 18.7. The highest BCUT2D eigenvalue weighted by Crippen LogP contribution is 2.28. The van der Waals surface area contributed by atoms with Crippen molar-refractivity contribution in [1.82, 2.24) is 0 Å². The van der Waals surface area contributed by atoms with E-state index in [1.165, 1.54) is 7.11 Å². The Labute approximate surface area is 136 Å². The van der Waals surface area contributed by atoms with Crippen LogP contribution in [0.5, 0.6) is 5.75 Å². The van der Waals surface area contributed by atoms with Gasteiger partial charge in [-0.2, -0.15) is 0 Å². The Morgan fingerprint density at radius 1 is 1.32 bits per heavy atom. The summed E-state index contributed by atoms with van der Waals surface area (Å²) in [5.74, 6) is 0.362. The number of nitrogens with one attached hydrogen (secondary N) is 1. The number of ether oxygens (including phenoxy) is 3. The standard InChI is InChI=1S/C16H24ClNO4/c1-5-8-16(2,21-4)15(19)18-12-6-7-14(13(17)11-12)22-10-9-20-3/h6-7,11H,5,8-10H2,1-4H3,(H,18,19). The van der Waals surface area contributed by atoms with E-state index >= 15 is 0 Å². The first-order valence-electron chi connectivity index (χ1n) is 7.24. The highest BCUT2D eigenvalue weighted by molar-refractivity contribution is 6.32. The number of benzene rings is 1. The Hall–Kier alpha value is -1.30. The molecule has 0 heterocycles. The number of amides is 1. The molecule has 1 aromatic rings. The Morgan fingerprint density at radius 3 is 2.59 bits per heavy atom. The van der Waals surface area contributed by atoms with Gasteiger partial charge in [-0.05, 0) is 31.5 Å². The summed E-state index contributed by atoms with van der Waals surface area (Å²) in [6.45, 7) is 4.68. The van der Waals surface area contributed by atoms with Crippen LogP contribution >= 0.6 is 11.6 Å². The van der Waals surface area contributed by atoms with E-state index in [9.17, 15) is 4.79 Å². The molecule has 0 fully saturated rings. The zero-order chi connectivity index (χ0) is 16.6. The summed E-state index contributed by atoms with van der Waals surface area (Å²) in [6.07, 6.45) is 1.49. The minimum atomic E-state index is -0.852. The fraction of sp³-hybridized carbons (Fsp3) is 0.562. The molecule has 0 bridgehead atoms. The third-order valence-electron chi connectivity index (χ3n) is 3.39. The number of carbonyl (C=O) groups is 1. The predicted molar refractivity (Wildman–Crippen MR) is 87.8 cm³/mol. The van der Waals surface area contributed by atoms with Gasteiger partial charge in [-0.25, -0.2) is 0 Å². The van der Waals surface area contributed by atoms with Crippen molar-refractivity contribution >= 4 is 23.2 Å². The first-order valence-corrected chi connectivity index (χ1v) is 7.62. The van der Waals surface area contributed by atoms with Gasteiger partial charge in [0.25, 0.3) is 5.91 Å². The van der Waals surface area contributed by atoms with Crippen LogP contribution in [0.3, 0.4) is 0 Å². The number of hydrogen-bond acceptors (Lipinski definition) is 4. The van der Waals surface area contributed by atoms with E-state index in [0.29, 0.717) is 36.1 Å². The summed E-state index contributed by atoms with van der Waals surface area (Å²) in [4.78, 5) is 12.3. The highest BCUT2D eigenvalue weighted by Gasteiger charge is 2.32. The normalized spacial score (nSPS) is 13.5. The molecule has 6 heteroatoms. The van der Waals surface area contributed by atoms with Crippen molar-refractivity contribution in [2.24, 2.45) is 0 Å². The molecule has 0 saturated heterocycles. The summed E-state index contributed by atoms with van der Waals surface area (Å²) in [7, 11) is 3.14. The molecule has 1 atom stereocenters. The molecule has 1 N–H and O–H groups in total. The van der Waals surface area contributed by atoms with Crippen LogP contribution in [-0.2, 0) is 14.3 Å². The molecular weight excluding hydrogens is 306 g/mol. The SMILES string of the molecule is CCCC(C)(OC)C(=O)Nc1ccc(OCCOC)c(Cl)c1. The molecule has 0 aromatic heterocycles. The third-order valence-corrected chi connectivity index (χ3v) is 3.69. The van der Waals surface area contributed by atoms with E-state index in [-0.39, 0.29) is 5.91 Å². The lowest BCUT2D eigenvalue weighted by Gasteiger charge is -2.26. The van der Waals surface area contributed by atoms with E-state index in [1.807, 2.05) is 6.92 Å². The summed E-state index contributed by atoms with van der Waals surface area (Å²) in [5.41, 5.74) is -0.247. The summed E-state index contributed by atoms with van der Waals surface area (Å²) >= 11 is 6.15. The van der Waals surface area contributed by atoms with Crippen LogP contribution in [0.25, 0.3) is 0 Å². The molecule has 0 aliphatic heterocycles. The molecule has 0 aliphatic carbocycles. The monoisotopic (exact) mass is 329 g/mol. The smallest absolute Gasteiger partial charge is 0.256 e. The van der Waals surface area contributed by atoms with Gasteiger partial charge in [0.15, 0.2) is 0 Å². The van der Waals surface area contributed by atoms with Gasteiger partial charge in [0.1, 0.15) is 18.0 Å². The summed E-state index contributed by atoms with van der Waals surface area (Å²) in [5, 5.41) is 3.26. The van der Waals surface area contributed by atoms with Crippen molar-refractivity contribution < 1.29 is 19.0 Å². The molecule has 5 nitrogen and oxygen atoms in total. The van der Waals surface area contributed by atoms with Crippen molar-refractivity contribution in [1.29, 1.82) is 0 Å². The minimum absolute atomic E-state index is 0.194. The highest BCUT2D eigenvalue weighted by atomic mass is 35.5. The number of hydrogen-bond donors (Lipinski definition) is 1. The average Bonchev–Trinajstić information content (AvgIpc) is 2.49. The largest absolute Gasteiger partial charge is 0.490 e. The maximum atomic E-state index is 12.3. The topological polar surface area (TPSA) is 56.8 Å². The Balaban J connectivity index is 2.74. The molecule has 0 aliphatic rings. The van der Waals surface area contributed by atoms with Crippen LogP contribution in [-0.4, -0.2) is 38.9 Å². The van der Waals surface area contributed by atoms with Crippen LogP contribution in [0.1, 0.15) is 26.7 Å². The number of rotatable bonds is 9. The molecule has 1 unspecified atom stereocenters. The van der Waals surface area contributed by atoms with Gasteiger partial charge in [-0.1, -0.05) is 24.9 Å². The lowest BCUT2D eigenvalue weighted by molar-refractivity contribution is -0.136. The Bertz CT molecular complexity index is 495. The first-order chi connectivity index (χ1) is 10.5. The molecule has 1 amide bonds. The molecule has 0 spiro atoms. The lowest BCUT2D eigenvalue weighted by Crippen LogP contribution is -2.41. The molecule has 22 heavy (non-hydrogen) atoms. The number of anilines is 1. The van der Waals surface area contributed by atoms with Crippen LogP contribution in [0.15, 0.2) is 18.2 Å². The van der Waals surface area contributed by atoms with Gasteiger partial charge in [0.05, 0.1) is 11.6 Å². The minimum Gasteiger partial charge on any atom is -0.490 e. The molecule has 0 radical (unpaired) electrons. The van der Waals surface area contributed by atoms with Gasteiger partial charge >= 0.3 is 0 Å².